The van der Waals surface area contributed by atoms with Crippen LogP contribution in [0.3, 0.4) is 0 Å². The van der Waals surface area contributed by atoms with Crippen LogP contribution < -0.4 is 27.4 Å². The summed E-state index contributed by atoms with van der Waals surface area (Å²) in [6, 6.07) is -5.38. The summed E-state index contributed by atoms with van der Waals surface area (Å²) < 4.78 is 0. The first kappa shape index (κ1) is 28.5. The summed E-state index contributed by atoms with van der Waals surface area (Å²) in [6.45, 7) is 0. The molecule has 31 heavy (non-hydrogen) atoms. The van der Waals surface area contributed by atoms with Crippen LogP contribution in [0.4, 0.5) is 0 Å². The van der Waals surface area contributed by atoms with Gasteiger partial charge in [0.15, 0.2) is 0 Å². The van der Waals surface area contributed by atoms with Crippen LogP contribution in [0.1, 0.15) is 19.3 Å². The fourth-order valence-corrected chi connectivity index (χ4v) is 2.93. The lowest BCUT2D eigenvalue weighted by Crippen LogP contribution is -2.58. The zero-order valence-corrected chi connectivity index (χ0v) is 18.4. The first-order chi connectivity index (χ1) is 14.4. The van der Waals surface area contributed by atoms with Crippen molar-refractivity contribution in [2.24, 2.45) is 11.5 Å². The molecule has 0 fully saturated rings. The van der Waals surface area contributed by atoms with Crippen LogP contribution >= 0.6 is 24.4 Å². The van der Waals surface area contributed by atoms with Crippen LogP contribution in [-0.2, 0) is 28.8 Å². The molecule has 0 saturated carbocycles. The number of carboxylic acids is 2. The van der Waals surface area contributed by atoms with Crippen molar-refractivity contribution in [1.29, 1.82) is 0 Å². The molecule has 4 atom stereocenters. The van der Waals surface area contributed by atoms with E-state index in [4.69, 9.17) is 21.7 Å². The van der Waals surface area contributed by atoms with Gasteiger partial charge in [-0.15, -0.1) is 0 Å². The molecule has 0 aliphatic heterocycles. The number of thioether (sulfide) groups is 1. The molecule has 4 amide bonds. The smallest absolute Gasteiger partial charge is 0.326 e. The van der Waals surface area contributed by atoms with E-state index in [1.165, 1.54) is 11.8 Å². The summed E-state index contributed by atoms with van der Waals surface area (Å²) >= 11 is 5.33. The van der Waals surface area contributed by atoms with Gasteiger partial charge in [-0.3, -0.25) is 24.0 Å². The average Bonchev–Trinajstić information content (AvgIpc) is 2.67. The van der Waals surface area contributed by atoms with Crippen molar-refractivity contribution in [1.82, 2.24) is 16.0 Å². The van der Waals surface area contributed by atoms with Crippen LogP contribution in [0.15, 0.2) is 0 Å². The zero-order valence-electron chi connectivity index (χ0n) is 16.7. The van der Waals surface area contributed by atoms with Crippen LogP contribution in [0, 0.1) is 0 Å². The molecule has 0 aromatic heterocycles. The molecule has 0 aromatic rings. The Morgan fingerprint density at radius 1 is 0.903 bits per heavy atom. The van der Waals surface area contributed by atoms with E-state index in [1.807, 2.05) is 0 Å². The third-order valence-electron chi connectivity index (χ3n) is 3.81. The number of rotatable bonds is 15. The summed E-state index contributed by atoms with van der Waals surface area (Å²) in [7, 11) is 0. The van der Waals surface area contributed by atoms with Gasteiger partial charge in [0, 0.05) is 5.75 Å². The summed E-state index contributed by atoms with van der Waals surface area (Å²) in [4.78, 5) is 69.9. The van der Waals surface area contributed by atoms with Gasteiger partial charge < -0.3 is 37.6 Å². The Labute approximate surface area is 187 Å². The second-order valence-electron chi connectivity index (χ2n) is 6.36. The third-order valence-corrected chi connectivity index (χ3v) is 4.82. The highest BCUT2D eigenvalue weighted by atomic mass is 32.2. The molecular formula is C16H27N5O8S2. The second kappa shape index (κ2) is 14.5. The molecule has 0 spiro atoms. The monoisotopic (exact) mass is 481 g/mol. The molecule has 4 unspecified atom stereocenters. The van der Waals surface area contributed by atoms with E-state index < -0.39 is 72.6 Å². The molecule has 15 heteroatoms. The van der Waals surface area contributed by atoms with Crippen LogP contribution in [-0.4, -0.2) is 87.7 Å². The van der Waals surface area contributed by atoms with Gasteiger partial charge in [-0.05, 0) is 18.4 Å². The maximum atomic E-state index is 12.5. The van der Waals surface area contributed by atoms with Crippen LogP contribution in [0.5, 0.6) is 0 Å². The van der Waals surface area contributed by atoms with Crippen molar-refractivity contribution in [3.63, 3.8) is 0 Å². The van der Waals surface area contributed by atoms with E-state index in [1.54, 1.807) is 6.26 Å². The lowest BCUT2D eigenvalue weighted by Gasteiger charge is -2.24. The first-order valence-electron chi connectivity index (χ1n) is 8.92. The Morgan fingerprint density at radius 2 is 1.42 bits per heavy atom. The van der Waals surface area contributed by atoms with Gasteiger partial charge in [-0.2, -0.15) is 24.4 Å². The number of nitrogens with two attached hydrogens (primary N) is 2. The summed E-state index contributed by atoms with van der Waals surface area (Å²) in [6.07, 6.45) is 0.584. The molecule has 0 bridgehead atoms. The molecule has 0 aliphatic rings. The van der Waals surface area contributed by atoms with Crippen molar-refractivity contribution >= 4 is 60.0 Å². The van der Waals surface area contributed by atoms with Crippen molar-refractivity contribution in [3.8, 4) is 0 Å². The minimum atomic E-state index is -1.58. The maximum Gasteiger partial charge on any atom is 0.326 e. The second-order valence-corrected chi connectivity index (χ2v) is 7.71. The summed E-state index contributed by atoms with van der Waals surface area (Å²) in [5, 5.41) is 24.6. The van der Waals surface area contributed by atoms with Gasteiger partial charge in [0.1, 0.15) is 18.1 Å². The number of amides is 4. The minimum Gasteiger partial charge on any atom is -0.481 e. The van der Waals surface area contributed by atoms with Gasteiger partial charge in [-0.1, -0.05) is 0 Å². The zero-order chi connectivity index (χ0) is 24.1. The Hall–Kier alpha value is -2.52. The van der Waals surface area contributed by atoms with Gasteiger partial charge in [0.2, 0.25) is 23.6 Å². The largest absolute Gasteiger partial charge is 0.481 e. The van der Waals surface area contributed by atoms with E-state index >= 15 is 0 Å². The molecule has 0 aliphatic carbocycles. The molecule has 9 N–H and O–H groups in total. The number of aliphatic carboxylic acids is 2. The molecule has 13 nitrogen and oxygen atoms in total. The Kier molecular flexibility index (Phi) is 13.3. The molecule has 176 valence electrons. The number of carbonyl (C=O) groups excluding carboxylic acids is 4. The number of hydrogen-bond donors (Lipinski definition) is 8. The molecular weight excluding hydrogens is 454 g/mol. The van der Waals surface area contributed by atoms with Crippen molar-refractivity contribution in [2.75, 3.05) is 17.8 Å². The molecule has 0 saturated heterocycles. The quantitative estimate of drug-likeness (QED) is 0.110. The molecule has 0 heterocycles. The summed E-state index contributed by atoms with van der Waals surface area (Å²) in [5.41, 5.74) is 10.4. The van der Waals surface area contributed by atoms with Gasteiger partial charge >= 0.3 is 11.9 Å². The Balaban J connectivity index is 5.24. The highest BCUT2D eigenvalue weighted by Crippen LogP contribution is 2.04. The fourth-order valence-electron chi connectivity index (χ4n) is 2.20. The molecule has 0 aromatic carbocycles. The molecule has 0 radical (unpaired) electrons. The topological polar surface area (TPSA) is 231 Å². The van der Waals surface area contributed by atoms with Crippen LogP contribution in [0.2, 0.25) is 0 Å². The van der Waals surface area contributed by atoms with Crippen molar-refractivity contribution < 1.29 is 39.0 Å². The minimum absolute atomic E-state index is 0.118. The molecule has 0 rings (SSSR count). The van der Waals surface area contributed by atoms with Crippen LogP contribution in [0.25, 0.3) is 0 Å². The van der Waals surface area contributed by atoms with Crippen molar-refractivity contribution in [3.05, 3.63) is 0 Å². The fraction of sp³-hybridized carbons (Fsp3) is 0.625. The highest BCUT2D eigenvalue weighted by molar-refractivity contribution is 7.98. The number of carbonyl (C=O) groups is 6. The van der Waals surface area contributed by atoms with Gasteiger partial charge in [0.05, 0.1) is 18.9 Å². The Bertz CT molecular complexity index is 693. The van der Waals surface area contributed by atoms with E-state index in [-0.39, 0.29) is 12.2 Å². The normalized spacial score (nSPS) is 14.4. The lowest BCUT2D eigenvalue weighted by atomic mass is 10.1. The number of primary amides is 1. The first-order valence-corrected chi connectivity index (χ1v) is 10.9. The van der Waals surface area contributed by atoms with E-state index in [0.29, 0.717) is 5.75 Å². The van der Waals surface area contributed by atoms with E-state index in [0.717, 1.165) is 0 Å². The predicted molar refractivity (Wildman–Crippen MR) is 114 cm³/mol. The average molecular weight is 482 g/mol. The number of hydrogen-bond acceptors (Lipinski definition) is 9. The highest BCUT2D eigenvalue weighted by Gasteiger charge is 2.30. The van der Waals surface area contributed by atoms with Gasteiger partial charge in [-0.25, -0.2) is 4.79 Å². The van der Waals surface area contributed by atoms with Crippen molar-refractivity contribution in [2.45, 2.75) is 43.4 Å². The standard InChI is InChI=1S/C16H27N5O8S2/c1-31-3-2-8(14(26)20-9(16(28)29)5-11(18)22)19-15(27)10(6-30)21-13(25)7(17)4-12(23)24/h7-10,30H,2-6,17H2,1H3,(H2,18,22)(H,19,27)(H,20,26)(H,21,25)(H,23,24)(H,28,29). The van der Waals surface area contributed by atoms with E-state index in [9.17, 15) is 28.8 Å². The third kappa shape index (κ3) is 11.4. The Morgan fingerprint density at radius 3 is 1.87 bits per heavy atom. The van der Waals surface area contributed by atoms with Gasteiger partial charge in [0.25, 0.3) is 0 Å². The maximum absolute atomic E-state index is 12.5. The summed E-state index contributed by atoms with van der Waals surface area (Å²) in [5.74, 6) is -6.04. The predicted octanol–water partition coefficient (Wildman–Crippen LogP) is -3.11. The lowest BCUT2D eigenvalue weighted by molar-refractivity contribution is -0.143. The number of carboxylic acid groups (broad SMARTS) is 2. The number of thiol groups is 1. The number of nitrogens with one attached hydrogen (secondary N) is 3. The van der Waals surface area contributed by atoms with E-state index in [2.05, 4.69) is 28.6 Å². The SMILES string of the molecule is CSCCC(NC(=O)C(CS)NC(=O)C(N)CC(=O)O)C(=O)NC(CC(N)=O)C(=O)O.